The van der Waals surface area contributed by atoms with Gasteiger partial charge in [0.05, 0.1) is 5.92 Å². The maximum atomic E-state index is 11.7. The van der Waals surface area contributed by atoms with Crippen molar-refractivity contribution < 1.29 is 4.79 Å². The van der Waals surface area contributed by atoms with Crippen molar-refractivity contribution in [1.29, 1.82) is 0 Å². The summed E-state index contributed by atoms with van der Waals surface area (Å²) in [5.74, 6) is 1.01. The summed E-state index contributed by atoms with van der Waals surface area (Å²) in [6.07, 6.45) is 10.1. The first-order chi connectivity index (χ1) is 6.68. The fraction of sp³-hybridized carbons (Fsp3) is 0.462. The lowest BCUT2D eigenvalue weighted by atomic mass is 9.77. The second kappa shape index (κ2) is 3.56. The Morgan fingerprint density at radius 3 is 2.93 bits per heavy atom. The molecule has 1 saturated carbocycles. The first-order valence-electron chi connectivity index (χ1n) is 5.28. The summed E-state index contributed by atoms with van der Waals surface area (Å²) >= 11 is 0. The molecule has 2 aliphatic carbocycles. The van der Waals surface area contributed by atoms with Crippen LogP contribution in [-0.2, 0) is 4.79 Å². The number of Topliss-reactive ketones (excluding diaryl/α,β-unsaturated/α-hetero) is 1. The van der Waals surface area contributed by atoms with Gasteiger partial charge >= 0.3 is 0 Å². The molecule has 0 aromatic carbocycles. The smallest absolute Gasteiger partial charge is 0.143 e. The van der Waals surface area contributed by atoms with Gasteiger partial charge in [-0.1, -0.05) is 42.4 Å². The lowest BCUT2D eigenvalue weighted by molar-refractivity contribution is -0.121. The van der Waals surface area contributed by atoms with Crippen molar-refractivity contribution in [2.24, 2.45) is 11.8 Å². The Morgan fingerprint density at radius 1 is 1.36 bits per heavy atom. The van der Waals surface area contributed by atoms with Gasteiger partial charge in [-0.15, -0.1) is 0 Å². The van der Waals surface area contributed by atoms with Gasteiger partial charge in [-0.25, -0.2) is 0 Å². The largest absolute Gasteiger partial charge is 0.299 e. The van der Waals surface area contributed by atoms with Crippen LogP contribution >= 0.6 is 0 Å². The van der Waals surface area contributed by atoms with E-state index >= 15 is 0 Å². The molecular formula is C13H16O. The van der Waals surface area contributed by atoms with E-state index in [0.29, 0.717) is 11.7 Å². The molecule has 1 nitrogen and oxygen atoms in total. The van der Waals surface area contributed by atoms with Gasteiger partial charge < -0.3 is 0 Å². The molecule has 74 valence electrons. The van der Waals surface area contributed by atoms with E-state index in [0.717, 1.165) is 12.8 Å². The molecule has 0 aromatic rings. The predicted molar refractivity (Wildman–Crippen MR) is 57.9 cm³/mol. The highest BCUT2D eigenvalue weighted by Gasteiger charge is 2.29. The van der Waals surface area contributed by atoms with E-state index in [1.807, 2.05) is 0 Å². The van der Waals surface area contributed by atoms with Crippen molar-refractivity contribution in [2.75, 3.05) is 0 Å². The van der Waals surface area contributed by atoms with Crippen molar-refractivity contribution in [3.63, 3.8) is 0 Å². The topological polar surface area (TPSA) is 17.1 Å². The molecule has 0 saturated heterocycles. The van der Waals surface area contributed by atoms with Gasteiger partial charge in [0.1, 0.15) is 5.78 Å². The Bertz CT molecular complexity index is 344. The zero-order chi connectivity index (χ0) is 10.1. The summed E-state index contributed by atoms with van der Waals surface area (Å²) in [6.45, 7) is 4.29. The minimum atomic E-state index is 0.0625. The van der Waals surface area contributed by atoms with Crippen LogP contribution in [0.4, 0.5) is 0 Å². The molecule has 2 rings (SSSR count). The van der Waals surface area contributed by atoms with Crippen molar-refractivity contribution in [3.05, 3.63) is 35.5 Å². The lowest BCUT2D eigenvalue weighted by Gasteiger charge is -2.26. The molecule has 0 aromatic heterocycles. The molecular weight excluding hydrogens is 172 g/mol. The molecule has 0 radical (unpaired) electrons. The molecule has 0 aliphatic heterocycles. The normalized spacial score (nSPS) is 31.7. The summed E-state index contributed by atoms with van der Waals surface area (Å²) in [5.41, 5.74) is 2.53. The van der Waals surface area contributed by atoms with Gasteiger partial charge in [0.2, 0.25) is 0 Å². The van der Waals surface area contributed by atoms with Crippen molar-refractivity contribution in [2.45, 2.75) is 26.7 Å². The third-order valence-electron chi connectivity index (χ3n) is 3.19. The van der Waals surface area contributed by atoms with Crippen molar-refractivity contribution in [1.82, 2.24) is 0 Å². The highest BCUT2D eigenvalue weighted by molar-refractivity contribution is 5.87. The van der Waals surface area contributed by atoms with Crippen LogP contribution in [0.1, 0.15) is 26.7 Å². The van der Waals surface area contributed by atoms with Crippen LogP contribution in [0.25, 0.3) is 0 Å². The maximum Gasteiger partial charge on any atom is 0.143 e. The van der Waals surface area contributed by atoms with Crippen LogP contribution in [-0.4, -0.2) is 5.78 Å². The molecule has 1 heteroatoms. The number of carbonyl (C=O) groups is 1. The average molecular weight is 188 g/mol. The van der Waals surface area contributed by atoms with E-state index in [9.17, 15) is 4.79 Å². The molecule has 2 unspecified atom stereocenters. The Labute approximate surface area is 85.2 Å². The monoisotopic (exact) mass is 188 g/mol. The Morgan fingerprint density at radius 2 is 2.14 bits per heavy atom. The van der Waals surface area contributed by atoms with Crippen LogP contribution in [0.5, 0.6) is 0 Å². The third-order valence-corrected chi connectivity index (χ3v) is 3.19. The van der Waals surface area contributed by atoms with E-state index in [4.69, 9.17) is 0 Å². The number of rotatable bonds is 0. The number of hydrogen-bond donors (Lipinski definition) is 0. The number of carbonyl (C=O) groups excluding carboxylic acids is 1. The van der Waals surface area contributed by atoms with Crippen LogP contribution < -0.4 is 0 Å². The molecule has 0 heterocycles. The maximum absolute atomic E-state index is 11.7. The summed E-state index contributed by atoms with van der Waals surface area (Å²) in [6, 6.07) is 0. The standard InChI is InChI=1S/C13H16O/c1-9-3-6-11-10(2)5-8-13(14)12(11)7-4-9/h3-4,6-7,10,12H,5,8H2,1-2H3. The second-order valence-corrected chi connectivity index (χ2v) is 4.32. The van der Waals surface area contributed by atoms with Gasteiger partial charge in [-0.3, -0.25) is 4.79 Å². The summed E-state index contributed by atoms with van der Waals surface area (Å²) in [4.78, 5) is 11.7. The predicted octanol–water partition coefficient (Wildman–Crippen LogP) is 3.04. The van der Waals surface area contributed by atoms with Crippen molar-refractivity contribution >= 4 is 5.78 Å². The van der Waals surface area contributed by atoms with Crippen LogP contribution in [0, 0.1) is 11.8 Å². The van der Waals surface area contributed by atoms with Gasteiger partial charge in [0.25, 0.3) is 0 Å². The van der Waals surface area contributed by atoms with Crippen LogP contribution in [0.15, 0.2) is 35.5 Å². The summed E-state index contributed by atoms with van der Waals surface area (Å²) < 4.78 is 0. The summed E-state index contributed by atoms with van der Waals surface area (Å²) in [7, 11) is 0. The quantitative estimate of drug-likeness (QED) is 0.571. The average Bonchev–Trinajstić information content (AvgIpc) is 2.35. The van der Waals surface area contributed by atoms with Gasteiger partial charge in [-0.2, -0.15) is 0 Å². The Kier molecular flexibility index (Phi) is 2.40. The zero-order valence-electron chi connectivity index (χ0n) is 8.79. The molecule has 0 bridgehead atoms. The highest BCUT2D eigenvalue weighted by Crippen LogP contribution is 2.34. The molecule has 1 fully saturated rings. The van der Waals surface area contributed by atoms with E-state index in [-0.39, 0.29) is 5.92 Å². The minimum Gasteiger partial charge on any atom is -0.299 e. The lowest BCUT2D eigenvalue weighted by Crippen LogP contribution is -2.24. The first kappa shape index (κ1) is 9.45. The SMILES string of the molecule is CC1=CC=C2C(C)CCC(=O)C2C=C1. The summed E-state index contributed by atoms with van der Waals surface area (Å²) in [5, 5.41) is 0. The molecule has 2 atom stereocenters. The zero-order valence-corrected chi connectivity index (χ0v) is 8.79. The fourth-order valence-corrected chi connectivity index (χ4v) is 2.19. The third kappa shape index (κ3) is 1.59. The van der Waals surface area contributed by atoms with E-state index in [1.165, 1.54) is 11.1 Å². The number of fused-ring (bicyclic) bond motifs is 1. The first-order valence-corrected chi connectivity index (χ1v) is 5.28. The van der Waals surface area contributed by atoms with Crippen LogP contribution in [0.3, 0.4) is 0 Å². The van der Waals surface area contributed by atoms with E-state index < -0.39 is 0 Å². The van der Waals surface area contributed by atoms with E-state index in [2.05, 4.69) is 38.2 Å². The molecule has 0 N–H and O–H groups in total. The molecule has 2 aliphatic rings. The van der Waals surface area contributed by atoms with Gasteiger partial charge in [0.15, 0.2) is 0 Å². The number of allylic oxidation sites excluding steroid dienone is 6. The molecule has 0 amide bonds. The van der Waals surface area contributed by atoms with Crippen LogP contribution in [0.2, 0.25) is 0 Å². The van der Waals surface area contributed by atoms with Gasteiger partial charge in [0, 0.05) is 6.42 Å². The van der Waals surface area contributed by atoms with E-state index in [1.54, 1.807) is 0 Å². The van der Waals surface area contributed by atoms with Gasteiger partial charge in [-0.05, 0) is 19.3 Å². The minimum absolute atomic E-state index is 0.0625. The molecule has 0 spiro atoms. The molecule has 14 heavy (non-hydrogen) atoms. The second-order valence-electron chi connectivity index (χ2n) is 4.32. The number of hydrogen-bond acceptors (Lipinski definition) is 1. The Balaban J connectivity index is 2.38. The van der Waals surface area contributed by atoms with Crippen molar-refractivity contribution in [3.8, 4) is 0 Å². The fourth-order valence-electron chi connectivity index (χ4n) is 2.19. The number of ketones is 1. The Hall–Kier alpha value is -1.11. The highest BCUT2D eigenvalue weighted by atomic mass is 16.1.